The Morgan fingerprint density at radius 3 is 2.86 bits per heavy atom. The number of carboxylic acid groups (broad SMARTS) is 1. The maximum atomic E-state index is 12.6. The zero-order chi connectivity index (χ0) is 15.6. The van der Waals surface area contributed by atoms with E-state index < -0.39 is 16.0 Å². The van der Waals surface area contributed by atoms with Gasteiger partial charge in [-0.3, -0.25) is 0 Å². The van der Waals surface area contributed by atoms with Crippen LogP contribution in [0.25, 0.3) is 0 Å². The van der Waals surface area contributed by atoms with E-state index in [1.54, 1.807) is 0 Å². The van der Waals surface area contributed by atoms with Crippen LogP contribution in [0.1, 0.15) is 23.7 Å². The van der Waals surface area contributed by atoms with E-state index >= 15 is 0 Å². The van der Waals surface area contributed by atoms with Crippen molar-refractivity contribution in [2.24, 2.45) is 0 Å². The highest BCUT2D eigenvalue weighted by atomic mass is 79.9. The highest BCUT2D eigenvalue weighted by molar-refractivity contribution is 9.10. The Morgan fingerprint density at radius 2 is 2.24 bits per heavy atom. The van der Waals surface area contributed by atoms with Crippen LogP contribution >= 0.6 is 15.9 Å². The summed E-state index contributed by atoms with van der Waals surface area (Å²) in [6.45, 7) is 2.84. The van der Waals surface area contributed by atoms with Gasteiger partial charge in [0.2, 0.25) is 10.0 Å². The molecule has 1 N–H and O–H groups in total. The first kappa shape index (κ1) is 16.4. The monoisotopic (exact) mass is 377 g/mol. The molecule has 0 amide bonds. The van der Waals surface area contributed by atoms with Gasteiger partial charge in [0.1, 0.15) is 0 Å². The first-order valence-electron chi connectivity index (χ1n) is 6.51. The number of sulfonamides is 1. The lowest BCUT2D eigenvalue weighted by molar-refractivity contribution is -0.00278. The Kier molecular flexibility index (Phi) is 5.03. The molecular formula is C13H16BrNO5S. The van der Waals surface area contributed by atoms with Gasteiger partial charge in [0.15, 0.2) is 0 Å². The van der Waals surface area contributed by atoms with Crippen LogP contribution in [-0.2, 0) is 14.8 Å². The standard InChI is InChI=1S/C13H16BrNO5S/c1-2-9-8-15(5-6-20-9)21(18,19)10-3-4-12(14)11(7-10)13(16)17/h3-4,7,9H,2,5-6,8H2,1H3,(H,16,17). The van der Waals surface area contributed by atoms with Gasteiger partial charge in [0.25, 0.3) is 0 Å². The van der Waals surface area contributed by atoms with Crippen molar-refractivity contribution in [3.8, 4) is 0 Å². The predicted molar refractivity (Wildman–Crippen MR) is 79.9 cm³/mol. The van der Waals surface area contributed by atoms with Gasteiger partial charge in [-0.1, -0.05) is 6.92 Å². The van der Waals surface area contributed by atoms with Crippen molar-refractivity contribution in [3.05, 3.63) is 28.2 Å². The number of carboxylic acids is 1. The molecule has 0 saturated carbocycles. The quantitative estimate of drug-likeness (QED) is 0.866. The first-order chi connectivity index (χ1) is 9.86. The van der Waals surface area contributed by atoms with Gasteiger partial charge >= 0.3 is 5.97 Å². The third-order valence-corrected chi connectivity index (χ3v) is 5.92. The van der Waals surface area contributed by atoms with Gasteiger partial charge in [-0.25, -0.2) is 13.2 Å². The van der Waals surface area contributed by atoms with Crippen molar-refractivity contribution in [1.82, 2.24) is 4.31 Å². The molecule has 0 aliphatic carbocycles. The molecule has 0 bridgehead atoms. The second kappa shape index (κ2) is 6.43. The van der Waals surface area contributed by atoms with Gasteiger partial charge in [0.05, 0.1) is 23.2 Å². The third-order valence-electron chi connectivity index (χ3n) is 3.36. The molecule has 1 aromatic carbocycles. The summed E-state index contributed by atoms with van der Waals surface area (Å²) in [7, 11) is -3.71. The van der Waals surface area contributed by atoms with E-state index in [2.05, 4.69) is 15.9 Å². The van der Waals surface area contributed by atoms with Crippen molar-refractivity contribution in [2.75, 3.05) is 19.7 Å². The molecule has 0 aromatic heterocycles. The van der Waals surface area contributed by atoms with Crippen molar-refractivity contribution in [1.29, 1.82) is 0 Å². The Hall–Kier alpha value is -0.960. The molecule has 1 unspecified atom stereocenters. The smallest absolute Gasteiger partial charge is 0.336 e. The van der Waals surface area contributed by atoms with Crippen LogP contribution in [0.3, 0.4) is 0 Å². The highest BCUT2D eigenvalue weighted by Crippen LogP contribution is 2.25. The Bertz CT molecular complexity index is 646. The number of rotatable bonds is 4. The third kappa shape index (κ3) is 3.45. The van der Waals surface area contributed by atoms with Crippen molar-refractivity contribution >= 4 is 31.9 Å². The van der Waals surface area contributed by atoms with E-state index in [9.17, 15) is 13.2 Å². The summed E-state index contributed by atoms with van der Waals surface area (Å²) >= 11 is 3.11. The lowest BCUT2D eigenvalue weighted by Crippen LogP contribution is -2.45. The molecule has 116 valence electrons. The van der Waals surface area contributed by atoms with E-state index in [0.29, 0.717) is 11.1 Å². The number of halogens is 1. The van der Waals surface area contributed by atoms with Gasteiger partial charge in [0, 0.05) is 17.6 Å². The summed E-state index contributed by atoms with van der Waals surface area (Å²) in [4.78, 5) is 11.1. The fourth-order valence-corrected chi connectivity index (χ4v) is 4.03. The minimum atomic E-state index is -3.71. The average Bonchev–Trinajstić information content (AvgIpc) is 2.47. The van der Waals surface area contributed by atoms with Crippen molar-refractivity contribution in [3.63, 3.8) is 0 Å². The molecule has 1 atom stereocenters. The summed E-state index contributed by atoms with van der Waals surface area (Å²) in [6, 6.07) is 4.02. The number of benzene rings is 1. The lowest BCUT2D eigenvalue weighted by Gasteiger charge is -2.31. The average molecular weight is 378 g/mol. The fourth-order valence-electron chi connectivity index (χ4n) is 2.14. The van der Waals surface area contributed by atoms with Crippen molar-refractivity contribution in [2.45, 2.75) is 24.3 Å². The number of carbonyl (C=O) groups is 1. The van der Waals surface area contributed by atoms with Crippen LogP contribution in [0.15, 0.2) is 27.6 Å². The summed E-state index contributed by atoms with van der Waals surface area (Å²) in [6.07, 6.45) is 0.607. The molecule has 1 saturated heterocycles. The summed E-state index contributed by atoms with van der Waals surface area (Å²) in [5.41, 5.74) is -0.0728. The minimum absolute atomic E-state index is 0.0140. The number of morpholine rings is 1. The SMILES string of the molecule is CCC1CN(S(=O)(=O)c2ccc(Br)c(C(=O)O)c2)CCO1. The number of ether oxygens (including phenoxy) is 1. The van der Waals surface area contributed by atoms with Gasteiger partial charge in [-0.05, 0) is 40.5 Å². The summed E-state index contributed by atoms with van der Waals surface area (Å²) in [5, 5.41) is 9.09. The van der Waals surface area contributed by atoms with Crippen LogP contribution in [0, 0.1) is 0 Å². The molecule has 0 spiro atoms. The predicted octanol–water partition coefficient (Wildman–Crippen LogP) is 1.95. The highest BCUT2D eigenvalue weighted by Gasteiger charge is 2.30. The molecular weight excluding hydrogens is 362 g/mol. The van der Waals surface area contributed by atoms with E-state index in [-0.39, 0.29) is 29.7 Å². The van der Waals surface area contributed by atoms with E-state index in [1.807, 2.05) is 6.92 Å². The number of hydrogen-bond acceptors (Lipinski definition) is 4. The Morgan fingerprint density at radius 1 is 1.52 bits per heavy atom. The van der Waals surface area contributed by atoms with Gasteiger partial charge in [-0.2, -0.15) is 4.31 Å². The summed E-state index contributed by atoms with van der Waals surface area (Å²) < 4.78 is 32.4. The maximum Gasteiger partial charge on any atom is 0.336 e. The molecule has 8 heteroatoms. The molecule has 1 aromatic rings. The second-order valence-electron chi connectivity index (χ2n) is 4.71. The molecule has 6 nitrogen and oxygen atoms in total. The van der Waals surface area contributed by atoms with E-state index in [4.69, 9.17) is 9.84 Å². The topological polar surface area (TPSA) is 83.9 Å². The number of nitrogens with zero attached hydrogens (tertiary/aromatic N) is 1. The fraction of sp³-hybridized carbons (Fsp3) is 0.462. The molecule has 2 rings (SSSR count). The molecule has 21 heavy (non-hydrogen) atoms. The molecule has 0 radical (unpaired) electrons. The Labute approximate surface area is 131 Å². The molecule has 1 aliphatic heterocycles. The second-order valence-corrected chi connectivity index (χ2v) is 7.50. The zero-order valence-corrected chi connectivity index (χ0v) is 13.9. The van der Waals surface area contributed by atoms with E-state index in [1.165, 1.54) is 22.5 Å². The first-order valence-corrected chi connectivity index (χ1v) is 8.74. The number of hydrogen-bond donors (Lipinski definition) is 1. The number of aromatic carboxylic acids is 1. The van der Waals surface area contributed by atoms with Crippen molar-refractivity contribution < 1.29 is 23.1 Å². The lowest BCUT2D eigenvalue weighted by atomic mass is 10.2. The zero-order valence-electron chi connectivity index (χ0n) is 11.5. The van der Waals surface area contributed by atoms with Gasteiger partial charge < -0.3 is 9.84 Å². The minimum Gasteiger partial charge on any atom is -0.478 e. The largest absolute Gasteiger partial charge is 0.478 e. The molecule has 1 fully saturated rings. The molecule has 1 aliphatic rings. The Balaban J connectivity index is 2.35. The van der Waals surface area contributed by atoms with Crippen LogP contribution < -0.4 is 0 Å². The normalized spacial score (nSPS) is 20.4. The van der Waals surface area contributed by atoms with Crippen LogP contribution in [0.2, 0.25) is 0 Å². The van der Waals surface area contributed by atoms with E-state index in [0.717, 1.165) is 6.42 Å². The molecule has 1 heterocycles. The van der Waals surface area contributed by atoms with Crippen LogP contribution in [0.4, 0.5) is 0 Å². The van der Waals surface area contributed by atoms with Gasteiger partial charge in [-0.15, -0.1) is 0 Å². The van der Waals surface area contributed by atoms with Crippen LogP contribution in [0.5, 0.6) is 0 Å². The maximum absolute atomic E-state index is 12.6. The van der Waals surface area contributed by atoms with Crippen LogP contribution in [-0.4, -0.2) is 49.6 Å². The summed E-state index contributed by atoms with van der Waals surface area (Å²) in [5.74, 6) is -1.17.